The molecule has 0 aliphatic rings. The van der Waals surface area contributed by atoms with Crippen molar-refractivity contribution < 1.29 is 28.6 Å². The van der Waals surface area contributed by atoms with Gasteiger partial charge in [-0.25, -0.2) is 9.59 Å². The van der Waals surface area contributed by atoms with Gasteiger partial charge in [-0.05, 0) is 63.8 Å². The van der Waals surface area contributed by atoms with Gasteiger partial charge in [0, 0.05) is 6.54 Å². The quantitative estimate of drug-likeness (QED) is 0.245. The van der Waals surface area contributed by atoms with Crippen molar-refractivity contribution in [3.8, 4) is 5.75 Å². The number of hydrogen-bond acceptors (Lipinski definition) is 7. The van der Waals surface area contributed by atoms with E-state index in [0.29, 0.717) is 5.75 Å². The maximum Gasteiger partial charge on any atom is 0.407 e. The standard InChI is InChI=1S/C27H37N3O6/c1-19(21-13-9-14-22(17-21)34-5)30-23(31)27(28,24(32)36-26(2,3)4)15-10-16-29-25(33)35-18-20-11-7-6-8-12-20/h6-9,11-14,17,19H,10,15-16,18,28H2,1-5H3,(H,29,33)(H,30,31)/t19-,27+/m0/s1. The predicted octanol–water partition coefficient (Wildman–Crippen LogP) is 3.62. The predicted molar refractivity (Wildman–Crippen MR) is 136 cm³/mol. The molecule has 0 heterocycles. The molecule has 2 aromatic carbocycles. The average Bonchev–Trinajstić information content (AvgIpc) is 2.84. The van der Waals surface area contributed by atoms with Gasteiger partial charge >= 0.3 is 12.1 Å². The molecule has 36 heavy (non-hydrogen) atoms. The van der Waals surface area contributed by atoms with E-state index in [1.54, 1.807) is 46.9 Å². The molecule has 0 fully saturated rings. The molecule has 0 aliphatic heterocycles. The topological polar surface area (TPSA) is 129 Å². The monoisotopic (exact) mass is 499 g/mol. The zero-order valence-corrected chi connectivity index (χ0v) is 21.6. The van der Waals surface area contributed by atoms with Crippen LogP contribution in [0.15, 0.2) is 54.6 Å². The van der Waals surface area contributed by atoms with Crippen LogP contribution in [-0.2, 0) is 25.7 Å². The first-order chi connectivity index (χ1) is 16.9. The fourth-order valence-electron chi connectivity index (χ4n) is 3.33. The van der Waals surface area contributed by atoms with Crippen LogP contribution >= 0.6 is 0 Å². The Balaban J connectivity index is 2.00. The number of nitrogens with two attached hydrogens (primary N) is 1. The Kier molecular flexibility index (Phi) is 10.3. The molecule has 4 N–H and O–H groups in total. The normalized spacial score (nSPS) is 13.6. The molecule has 9 nitrogen and oxygen atoms in total. The molecule has 0 radical (unpaired) electrons. The molecule has 2 atom stereocenters. The van der Waals surface area contributed by atoms with E-state index < -0.39 is 35.2 Å². The number of esters is 1. The van der Waals surface area contributed by atoms with E-state index in [1.165, 1.54) is 0 Å². The van der Waals surface area contributed by atoms with Gasteiger partial charge in [-0.1, -0.05) is 42.5 Å². The summed E-state index contributed by atoms with van der Waals surface area (Å²) < 4.78 is 15.9. The minimum atomic E-state index is -1.95. The molecule has 0 unspecified atom stereocenters. The highest BCUT2D eigenvalue weighted by atomic mass is 16.6. The molecular weight excluding hydrogens is 462 g/mol. The van der Waals surface area contributed by atoms with Crippen LogP contribution in [0.5, 0.6) is 5.75 Å². The van der Waals surface area contributed by atoms with Gasteiger partial charge in [0.25, 0.3) is 5.91 Å². The van der Waals surface area contributed by atoms with Gasteiger partial charge in [-0.2, -0.15) is 0 Å². The summed E-state index contributed by atoms with van der Waals surface area (Å²) in [6, 6.07) is 16.1. The summed E-state index contributed by atoms with van der Waals surface area (Å²) in [5, 5.41) is 5.43. The first-order valence-corrected chi connectivity index (χ1v) is 11.9. The Bertz CT molecular complexity index is 1020. The second-order valence-corrected chi connectivity index (χ2v) is 9.54. The van der Waals surface area contributed by atoms with E-state index in [0.717, 1.165) is 11.1 Å². The SMILES string of the molecule is COc1cccc([C@H](C)NC(=O)[C@](N)(CCCNC(=O)OCc2ccccc2)C(=O)OC(C)(C)C)c1. The van der Waals surface area contributed by atoms with Gasteiger partial charge in [-0.3, -0.25) is 4.79 Å². The molecule has 0 saturated carbocycles. The molecule has 196 valence electrons. The second kappa shape index (κ2) is 12.9. The van der Waals surface area contributed by atoms with Crippen molar-refractivity contribution in [2.45, 2.75) is 64.3 Å². The van der Waals surface area contributed by atoms with Gasteiger partial charge in [0.1, 0.15) is 18.0 Å². The van der Waals surface area contributed by atoms with Crippen molar-refractivity contribution in [1.29, 1.82) is 0 Å². The number of alkyl carbamates (subject to hydrolysis) is 1. The maximum atomic E-state index is 13.2. The third-order valence-electron chi connectivity index (χ3n) is 5.34. The molecule has 2 aromatic rings. The molecule has 0 spiro atoms. The van der Waals surface area contributed by atoms with E-state index in [9.17, 15) is 14.4 Å². The van der Waals surface area contributed by atoms with Crippen molar-refractivity contribution in [2.24, 2.45) is 5.73 Å². The van der Waals surface area contributed by atoms with E-state index in [2.05, 4.69) is 10.6 Å². The van der Waals surface area contributed by atoms with Gasteiger partial charge in [0.15, 0.2) is 5.54 Å². The third kappa shape index (κ3) is 8.88. The van der Waals surface area contributed by atoms with Crippen molar-refractivity contribution in [3.63, 3.8) is 0 Å². The minimum Gasteiger partial charge on any atom is -0.497 e. The largest absolute Gasteiger partial charge is 0.497 e. The summed E-state index contributed by atoms with van der Waals surface area (Å²) in [5.74, 6) is -0.860. The number of carbonyl (C=O) groups is 3. The lowest BCUT2D eigenvalue weighted by Gasteiger charge is -2.31. The van der Waals surface area contributed by atoms with Crippen molar-refractivity contribution in [3.05, 3.63) is 65.7 Å². The van der Waals surface area contributed by atoms with E-state index in [4.69, 9.17) is 19.9 Å². The second-order valence-electron chi connectivity index (χ2n) is 9.54. The van der Waals surface area contributed by atoms with Crippen LogP contribution in [0.4, 0.5) is 4.79 Å². The fraction of sp³-hybridized carbons (Fsp3) is 0.444. The first kappa shape index (κ1) is 28.6. The zero-order valence-electron chi connectivity index (χ0n) is 21.6. The lowest BCUT2D eigenvalue weighted by atomic mass is 9.92. The van der Waals surface area contributed by atoms with Crippen molar-refractivity contribution >= 4 is 18.0 Å². The van der Waals surface area contributed by atoms with Crippen LogP contribution < -0.4 is 21.1 Å². The van der Waals surface area contributed by atoms with Crippen molar-refractivity contribution in [2.75, 3.05) is 13.7 Å². The highest BCUT2D eigenvalue weighted by Crippen LogP contribution is 2.22. The smallest absolute Gasteiger partial charge is 0.407 e. The molecule has 0 aliphatic carbocycles. The Morgan fingerprint density at radius 1 is 1.03 bits per heavy atom. The van der Waals surface area contributed by atoms with Crippen LogP contribution in [0.2, 0.25) is 0 Å². The third-order valence-corrected chi connectivity index (χ3v) is 5.34. The minimum absolute atomic E-state index is 0.0441. The van der Waals surface area contributed by atoms with Crippen LogP contribution in [0.3, 0.4) is 0 Å². The lowest BCUT2D eigenvalue weighted by Crippen LogP contribution is -2.61. The molecule has 0 bridgehead atoms. The molecular formula is C27H37N3O6. The summed E-state index contributed by atoms with van der Waals surface area (Å²) in [4.78, 5) is 38.2. The summed E-state index contributed by atoms with van der Waals surface area (Å²) >= 11 is 0. The number of carbonyl (C=O) groups excluding carboxylic acids is 3. The van der Waals surface area contributed by atoms with E-state index in [-0.39, 0.29) is 26.0 Å². The molecule has 2 amide bonds. The van der Waals surface area contributed by atoms with Gasteiger partial charge in [0.2, 0.25) is 0 Å². The molecule has 2 rings (SSSR count). The molecule has 9 heteroatoms. The Morgan fingerprint density at radius 2 is 1.72 bits per heavy atom. The van der Waals surface area contributed by atoms with E-state index in [1.807, 2.05) is 42.5 Å². The fourth-order valence-corrected chi connectivity index (χ4v) is 3.33. The van der Waals surface area contributed by atoms with Crippen LogP contribution in [0.1, 0.15) is 57.7 Å². The van der Waals surface area contributed by atoms with Crippen LogP contribution in [0.25, 0.3) is 0 Å². The van der Waals surface area contributed by atoms with Crippen LogP contribution in [0, 0.1) is 0 Å². The number of methoxy groups -OCH3 is 1. The highest BCUT2D eigenvalue weighted by molar-refractivity contribution is 6.07. The number of rotatable bonds is 11. The number of nitrogens with one attached hydrogen (secondary N) is 2. The number of hydrogen-bond donors (Lipinski definition) is 3. The summed E-state index contributed by atoms with van der Waals surface area (Å²) in [7, 11) is 1.56. The summed E-state index contributed by atoms with van der Waals surface area (Å²) in [6.07, 6.45) is -0.399. The van der Waals surface area contributed by atoms with E-state index >= 15 is 0 Å². The van der Waals surface area contributed by atoms with Gasteiger partial charge < -0.3 is 30.6 Å². The zero-order chi connectivity index (χ0) is 26.8. The molecule has 0 saturated heterocycles. The first-order valence-electron chi connectivity index (χ1n) is 11.9. The van der Waals surface area contributed by atoms with Crippen LogP contribution in [-0.4, -0.2) is 42.8 Å². The average molecular weight is 500 g/mol. The summed E-state index contributed by atoms with van der Waals surface area (Å²) in [6.45, 7) is 7.18. The number of ether oxygens (including phenoxy) is 3. The van der Waals surface area contributed by atoms with Crippen molar-refractivity contribution in [1.82, 2.24) is 10.6 Å². The van der Waals surface area contributed by atoms with Gasteiger partial charge in [0.05, 0.1) is 13.2 Å². The maximum absolute atomic E-state index is 13.2. The Morgan fingerprint density at radius 3 is 2.36 bits per heavy atom. The Hall–Kier alpha value is -3.59. The Labute approximate surface area is 212 Å². The number of benzene rings is 2. The van der Waals surface area contributed by atoms with Gasteiger partial charge in [-0.15, -0.1) is 0 Å². The summed E-state index contributed by atoms with van der Waals surface area (Å²) in [5.41, 5.74) is 5.24. The molecule has 0 aromatic heterocycles. The number of amides is 2. The lowest BCUT2D eigenvalue weighted by molar-refractivity contribution is -0.165. The highest BCUT2D eigenvalue weighted by Gasteiger charge is 2.45.